The predicted molar refractivity (Wildman–Crippen MR) is 88.1 cm³/mol. The summed E-state index contributed by atoms with van der Waals surface area (Å²) in [5.41, 5.74) is 2.32. The predicted octanol–water partition coefficient (Wildman–Crippen LogP) is 2.47. The average molecular weight is 342 g/mol. The van der Waals surface area contributed by atoms with Crippen molar-refractivity contribution in [2.45, 2.75) is 19.9 Å². The molecule has 0 spiro atoms. The number of nitrogens with one attached hydrogen (secondary N) is 1. The summed E-state index contributed by atoms with van der Waals surface area (Å²) < 4.78 is 1.03. The number of carbonyl (C=O) groups excluding carboxylic acids is 1. The van der Waals surface area contributed by atoms with Crippen molar-refractivity contribution in [3.63, 3.8) is 0 Å². The molecule has 5 heteroatoms. The number of hydrogen-bond acceptors (Lipinski definition) is 3. The third kappa shape index (κ3) is 4.80. The zero-order valence-electron chi connectivity index (χ0n) is 12.7. The highest BCUT2D eigenvalue weighted by Gasteiger charge is 2.15. The van der Waals surface area contributed by atoms with Crippen molar-refractivity contribution in [3.05, 3.63) is 28.2 Å². The molecule has 1 aromatic carbocycles. The summed E-state index contributed by atoms with van der Waals surface area (Å²) in [5, 5.41) is 3.18. The van der Waals surface area contributed by atoms with Crippen LogP contribution in [0.25, 0.3) is 0 Å². The second-order valence-corrected chi connectivity index (χ2v) is 5.93. The second kappa shape index (κ2) is 8.27. The fourth-order valence-electron chi connectivity index (χ4n) is 2.03. The van der Waals surface area contributed by atoms with Crippen LogP contribution in [0.1, 0.15) is 18.9 Å². The summed E-state index contributed by atoms with van der Waals surface area (Å²) >= 11 is 3.52. The summed E-state index contributed by atoms with van der Waals surface area (Å²) in [5.74, 6) is 0.119. The lowest BCUT2D eigenvalue weighted by molar-refractivity contribution is -0.127. The third-order valence-corrected chi connectivity index (χ3v) is 3.57. The minimum atomic E-state index is 0.119. The number of carbonyl (C=O) groups is 1. The Kier molecular flexibility index (Phi) is 7.02. The van der Waals surface area contributed by atoms with Gasteiger partial charge in [0.15, 0.2) is 0 Å². The molecule has 0 fully saturated rings. The lowest BCUT2D eigenvalue weighted by Crippen LogP contribution is -2.37. The molecule has 0 aliphatic rings. The van der Waals surface area contributed by atoms with Gasteiger partial charge in [-0.1, -0.05) is 28.9 Å². The molecule has 0 aliphatic carbocycles. The van der Waals surface area contributed by atoms with Gasteiger partial charge >= 0.3 is 0 Å². The molecule has 0 radical (unpaired) electrons. The van der Waals surface area contributed by atoms with E-state index < -0.39 is 0 Å². The summed E-state index contributed by atoms with van der Waals surface area (Å²) in [6.07, 6.45) is 1.01. The Balaban J connectivity index is 3.06. The van der Waals surface area contributed by atoms with Crippen LogP contribution in [-0.4, -0.2) is 45.0 Å². The molecule has 0 atom stereocenters. The average Bonchev–Trinajstić information content (AvgIpc) is 2.40. The topological polar surface area (TPSA) is 35.6 Å². The van der Waals surface area contributed by atoms with Crippen LogP contribution in [0.3, 0.4) is 0 Å². The molecule has 1 N–H and O–H groups in total. The summed E-state index contributed by atoms with van der Waals surface area (Å²) in [4.78, 5) is 15.8. The van der Waals surface area contributed by atoms with Crippen molar-refractivity contribution in [2.75, 3.05) is 39.1 Å². The Morgan fingerprint density at radius 1 is 1.35 bits per heavy atom. The van der Waals surface area contributed by atoms with E-state index in [4.69, 9.17) is 0 Å². The van der Waals surface area contributed by atoms with E-state index in [1.165, 1.54) is 5.56 Å². The van der Waals surface area contributed by atoms with Gasteiger partial charge in [0.2, 0.25) is 5.91 Å². The van der Waals surface area contributed by atoms with Gasteiger partial charge in [-0.15, -0.1) is 0 Å². The van der Waals surface area contributed by atoms with Crippen molar-refractivity contribution in [1.82, 2.24) is 10.2 Å². The van der Waals surface area contributed by atoms with Gasteiger partial charge < -0.3 is 15.1 Å². The molecule has 0 aliphatic heterocycles. The highest BCUT2D eigenvalue weighted by atomic mass is 79.9. The molecule has 1 aromatic rings. The quantitative estimate of drug-likeness (QED) is 0.827. The Hall–Kier alpha value is -1.07. The Morgan fingerprint density at radius 3 is 2.60 bits per heavy atom. The monoisotopic (exact) mass is 341 g/mol. The molecule has 0 bridgehead atoms. The molecule has 1 amide bonds. The molecule has 0 saturated heterocycles. The molecule has 4 nitrogen and oxygen atoms in total. The van der Waals surface area contributed by atoms with Crippen LogP contribution in [-0.2, 0) is 11.3 Å². The summed E-state index contributed by atoms with van der Waals surface area (Å²) in [6, 6.07) is 6.22. The molecule has 112 valence electrons. The highest BCUT2D eigenvalue weighted by Crippen LogP contribution is 2.25. The lowest BCUT2D eigenvalue weighted by Gasteiger charge is -2.27. The van der Waals surface area contributed by atoms with Gasteiger partial charge in [0, 0.05) is 37.3 Å². The van der Waals surface area contributed by atoms with Crippen molar-refractivity contribution in [3.8, 4) is 0 Å². The first-order valence-corrected chi connectivity index (χ1v) is 7.67. The molecule has 0 heterocycles. The van der Waals surface area contributed by atoms with Gasteiger partial charge in [0.1, 0.15) is 0 Å². The van der Waals surface area contributed by atoms with Crippen LogP contribution < -0.4 is 10.2 Å². The van der Waals surface area contributed by atoms with E-state index in [1.54, 1.807) is 19.0 Å². The number of anilines is 1. The minimum Gasteiger partial charge on any atom is -0.362 e. The van der Waals surface area contributed by atoms with Gasteiger partial charge in [0.25, 0.3) is 0 Å². The van der Waals surface area contributed by atoms with E-state index >= 15 is 0 Å². The van der Waals surface area contributed by atoms with Gasteiger partial charge in [-0.2, -0.15) is 0 Å². The number of likely N-dealkylation sites (N-methyl/N-ethyl adjacent to an activating group) is 1. The van der Waals surface area contributed by atoms with E-state index in [2.05, 4.69) is 45.2 Å². The molecular weight excluding hydrogens is 318 g/mol. The number of halogens is 1. The number of rotatable bonds is 7. The molecular formula is C15H24BrN3O. The molecule has 20 heavy (non-hydrogen) atoms. The van der Waals surface area contributed by atoms with Gasteiger partial charge in [-0.3, -0.25) is 4.79 Å². The van der Waals surface area contributed by atoms with E-state index in [1.807, 2.05) is 13.1 Å². The van der Waals surface area contributed by atoms with Crippen LogP contribution >= 0.6 is 15.9 Å². The number of amides is 1. The van der Waals surface area contributed by atoms with Crippen LogP contribution in [0.2, 0.25) is 0 Å². The van der Waals surface area contributed by atoms with Crippen LogP contribution in [0, 0.1) is 0 Å². The van der Waals surface area contributed by atoms with Gasteiger partial charge in [-0.25, -0.2) is 0 Å². The zero-order chi connectivity index (χ0) is 15.1. The Bertz CT molecular complexity index is 449. The maximum atomic E-state index is 12.0. The normalized spacial score (nSPS) is 10.4. The molecule has 0 unspecified atom stereocenters. The summed E-state index contributed by atoms with van der Waals surface area (Å²) in [7, 11) is 5.52. The van der Waals surface area contributed by atoms with Gasteiger partial charge in [0.05, 0.1) is 6.54 Å². The maximum Gasteiger partial charge on any atom is 0.241 e. The third-order valence-electron chi connectivity index (χ3n) is 3.07. The highest BCUT2D eigenvalue weighted by molar-refractivity contribution is 9.10. The van der Waals surface area contributed by atoms with Gasteiger partial charge in [-0.05, 0) is 31.2 Å². The molecule has 0 aromatic heterocycles. The fraction of sp³-hybridized carbons (Fsp3) is 0.533. The van der Waals surface area contributed by atoms with Crippen molar-refractivity contribution in [1.29, 1.82) is 0 Å². The first kappa shape index (κ1) is 17.0. The standard InChI is InChI=1S/C15H24BrN3O/c1-5-8-19(11-15(20)18(3)4)14-9-13(16)7-6-12(14)10-17-2/h6-7,9,17H,5,8,10-11H2,1-4H3. The largest absolute Gasteiger partial charge is 0.362 e. The smallest absolute Gasteiger partial charge is 0.241 e. The van der Waals surface area contributed by atoms with E-state index in [9.17, 15) is 4.79 Å². The second-order valence-electron chi connectivity index (χ2n) is 5.01. The van der Waals surface area contributed by atoms with E-state index in [0.717, 1.165) is 29.7 Å². The Labute approximate surface area is 130 Å². The Morgan fingerprint density at radius 2 is 2.05 bits per heavy atom. The molecule has 1 rings (SSSR count). The SMILES string of the molecule is CCCN(CC(=O)N(C)C)c1cc(Br)ccc1CNC. The first-order chi connectivity index (χ1) is 9.49. The van der Waals surface area contributed by atoms with E-state index in [0.29, 0.717) is 6.54 Å². The fourth-order valence-corrected chi connectivity index (χ4v) is 2.38. The van der Waals surface area contributed by atoms with Crippen LogP contribution in [0.4, 0.5) is 5.69 Å². The lowest BCUT2D eigenvalue weighted by atomic mass is 10.1. The van der Waals surface area contributed by atoms with Crippen LogP contribution in [0.5, 0.6) is 0 Å². The maximum absolute atomic E-state index is 12.0. The van der Waals surface area contributed by atoms with E-state index in [-0.39, 0.29) is 5.91 Å². The zero-order valence-corrected chi connectivity index (χ0v) is 14.3. The minimum absolute atomic E-state index is 0.119. The van der Waals surface area contributed by atoms with Crippen molar-refractivity contribution >= 4 is 27.5 Å². The van der Waals surface area contributed by atoms with Crippen molar-refractivity contribution < 1.29 is 4.79 Å². The summed E-state index contributed by atoms with van der Waals surface area (Å²) in [6.45, 7) is 4.20. The number of hydrogen-bond donors (Lipinski definition) is 1. The molecule has 0 saturated carbocycles. The van der Waals surface area contributed by atoms with Crippen LogP contribution in [0.15, 0.2) is 22.7 Å². The van der Waals surface area contributed by atoms with Crippen molar-refractivity contribution in [2.24, 2.45) is 0 Å². The number of nitrogens with zero attached hydrogens (tertiary/aromatic N) is 2. The first-order valence-electron chi connectivity index (χ1n) is 6.87. The number of benzene rings is 1.